The summed E-state index contributed by atoms with van der Waals surface area (Å²) in [5.41, 5.74) is 1.14. The van der Waals surface area contributed by atoms with Crippen LogP contribution in [0.5, 0.6) is 0 Å². The van der Waals surface area contributed by atoms with Crippen LogP contribution in [-0.4, -0.2) is 68.0 Å². The average molecular weight is 575 g/mol. The normalized spacial score (nSPS) is 17.6. The molecule has 5 rings (SSSR count). The molecule has 1 amide bonds. The van der Waals surface area contributed by atoms with Crippen LogP contribution in [0.25, 0.3) is 12.2 Å². The highest BCUT2D eigenvalue weighted by Gasteiger charge is 2.37. The van der Waals surface area contributed by atoms with Crippen molar-refractivity contribution in [3.8, 4) is 0 Å². The smallest absolute Gasteiger partial charge is 0.248 e. The molecule has 0 unspecified atom stereocenters. The Balaban J connectivity index is 1.20. The zero-order chi connectivity index (χ0) is 28.4. The van der Waals surface area contributed by atoms with Crippen LogP contribution in [0.15, 0.2) is 51.9 Å². The predicted octanol–water partition coefficient (Wildman–Crippen LogP) is 4.32. The number of benzene rings is 2. The number of piperidine rings is 1. The van der Waals surface area contributed by atoms with Crippen LogP contribution < -0.4 is 4.90 Å². The van der Waals surface area contributed by atoms with E-state index >= 15 is 0 Å². The van der Waals surface area contributed by atoms with Gasteiger partial charge >= 0.3 is 0 Å². The highest BCUT2D eigenvalue weighted by Crippen LogP contribution is 2.30. The van der Waals surface area contributed by atoms with Gasteiger partial charge in [-0.3, -0.25) is 4.79 Å². The van der Waals surface area contributed by atoms with E-state index in [2.05, 4.69) is 10.1 Å². The van der Waals surface area contributed by atoms with Gasteiger partial charge in [-0.2, -0.15) is 4.31 Å². The SMILES string of the molecule is Cc1noc(/C=C/c2ccc(F)cc2F)c1S(=O)(=O)N1CCC(C(=O)N2CCN(c3ccc(F)cc3)CC2)CC1. The molecule has 2 saturated heterocycles. The molecule has 2 fully saturated rings. The Morgan fingerprint density at radius 2 is 1.57 bits per heavy atom. The summed E-state index contributed by atoms with van der Waals surface area (Å²) in [5.74, 6) is -2.13. The number of hydrogen-bond donors (Lipinski definition) is 0. The molecule has 0 bridgehead atoms. The minimum Gasteiger partial charge on any atom is -0.368 e. The van der Waals surface area contributed by atoms with Crippen molar-refractivity contribution in [2.45, 2.75) is 24.7 Å². The summed E-state index contributed by atoms with van der Waals surface area (Å²) in [7, 11) is -4.00. The number of rotatable bonds is 6. The van der Waals surface area contributed by atoms with Crippen LogP contribution in [0.3, 0.4) is 0 Å². The Morgan fingerprint density at radius 1 is 0.925 bits per heavy atom. The summed E-state index contributed by atoms with van der Waals surface area (Å²) < 4.78 is 74.0. The van der Waals surface area contributed by atoms with Crippen molar-refractivity contribution in [1.29, 1.82) is 0 Å². The maximum absolute atomic E-state index is 14.0. The van der Waals surface area contributed by atoms with E-state index in [9.17, 15) is 26.4 Å². The lowest BCUT2D eigenvalue weighted by Crippen LogP contribution is -2.52. The fourth-order valence-corrected chi connectivity index (χ4v) is 6.89. The van der Waals surface area contributed by atoms with E-state index in [1.54, 1.807) is 12.1 Å². The van der Waals surface area contributed by atoms with E-state index in [1.807, 2.05) is 4.90 Å². The second-order valence-corrected chi connectivity index (χ2v) is 11.8. The Bertz CT molecular complexity index is 1510. The summed E-state index contributed by atoms with van der Waals surface area (Å²) in [5, 5.41) is 3.79. The van der Waals surface area contributed by atoms with Crippen molar-refractivity contribution in [3.63, 3.8) is 0 Å². The first-order valence-electron chi connectivity index (χ1n) is 13.0. The number of aromatic nitrogens is 1. The molecule has 3 heterocycles. The van der Waals surface area contributed by atoms with Gasteiger partial charge in [0, 0.05) is 62.5 Å². The van der Waals surface area contributed by atoms with E-state index < -0.39 is 21.7 Å². The minimum absolute atomic E-state index is 0.0157. The largest absolute Gasteiger partial charge is 0.368 e. The van der Waals surface area contributed by atoms with Crippen LogP contribution in [0.1, 0.15) is 29.9 Å². The number of nitrogens with zero attached hydrogens (tertiary/aromatic N) is 4. The van der Waals surface area contributed by atoms with E-state index in [1.165, 1.54) is 41.6 Å². The predicted molar refractivity (Wildman–Crippen MR) is 143 cm³/mol. The van der Waals surface area contributed by atoms with Gasteiger partial charge in [0.25, 0.3) is 0 Å². The molecule has 3 aromatic rings. The van der Waals surface area contributed by atoms with Crippen LogP contribution in [0, 0.1) is 30.3 Å². The lowest BCUT2D eigenvalue weighted by atomic mass is 9.96. The third-order valence-corrected chi connectivity index (χ3v) is 9.45. The number of anilines is 1. The van der Waals surface area contributed by atoms with Gasteiger partial charge < -0.3 is 14.3 Å². The van der Waals surface area contributed by atoms with Crippen LogP contribution in [0.4, 0.5) is 18.9 Å². The fourth-order valence-electron chi connectivity index (χ4n) is 5.17. The number of halogens is 3. The summed E-state index contributed by atoms with van der Waals surface area (Å²) in [6.07, 6.45) is 3.36. The Morgan fingerprint density at radius 3 is 2.23 bits per heavy atom. The molecular formula is C28H29F3N4O4S. The first-order chi connectivity index (χ1) is 19.1. The molecule has 0 atom stereocenters. The van der Waals surface area contributed by atoms with Crippen molar-refractivity contribution < 1.29 is 30.9 Å². The van der Waals surface area contributed by atoms with E-state index in [-0.39, 0.29) is 52.6 Å². The number of carbonyl (C=O) groups is 1. The van der Waals surface area contributed by atoms with Crippen molar-refractivity contribution in [2.75, 3.05) is 44.2 Å². The van der Waals surface area contributed by atoms with Crippen LogP contribution >= 0.6 is 0 Å². The summed E-state index contributed by atoms with van der Waals surface area (Å²) in [4.78, 5) is 17.0. The van der Waals surface area contributed by atoms with Gasteiger partial charge in [-0.25, -0.2) is 21.6 Å². The molecule has 40 heavy (non-hydrogen) atoms. The van der Waals surface area contributed by atoms with Gasteiger partial charge in [-0.05, 0) is 68.3 Å². The summed E-state index contributed by atoms with van der Waals surface area (Å²) in [6, 6.07) is 9.36. The second-order valence-electron chi connectivity index (χ2n) is 9.93. The molecule has 0 radical (unpaired) electrons. The molecule has 0 spiro atoms. The van der Waals surface area contributed by atoms with Crippen molar-refractivity contribution >= 4 is 33.8 Å². The molecule has 2 aliphatic heterocycles. The van der Waals surface area contributed by atoms with Gasteiger partial charge in [-0.15, -0.1) is 0 Å². The maximum Gasteiger partial charge on any atom is 0.248 e. The second kappa shape index (κ2) is 11.5. The van der Waals surface area contributed by atoms with Gasteiger partial charge in [0.15, 0.2) is 10.7 Å². The lowest BCUT2D eigenvalue weighted by Gasteiger charge is -2.39. The number of carbonyl (C=O) groups excluding carboxylic acids is 1. The molecule has 12 heteroatoms. The first-order valence-corrected chi connectivity index (χ1v) is 14.5. The highest BCUT2D eigenvalue weighted by molar-refractivity contribution is 7.89. The molecular weight excluding hydrogens is 545 g/mol. The average Bonchev–Trinajstić information content (AvgIpc) is 3.33. The molecule has 2 aliphatic rings. The molecule has 0 N–H and O–H groups in total. The lowest BCUT2D eigenvalue weighted by molar-refractivity contribution is -0.137. The van der Waals surface area contributed by atoms with Crippen molar-refractivity contribution in [2.24, 2.45) is 5.92 Å². The van der Waals surface area contributed by atoms with Crippen LogP contribution in [0.2, 0.25) is 0 Å². The van der Waals surface area contributed by atoms with Crippen molar-refractivity contribution in [1.82, 2.24) is 14.4 Å². The number of hydrogen-bond acceptors (Lipinski definition) is 6. The van der Waals surface area contributed by atoms with E-state index in [4.69, 9.17) is 4.52 Å². The number of sulfonamides is 1. The molecule has 0 aliphatic carbocycles. The summed E-state index contributed by atoms with van der Waals surface area (Å²) >= 11 is 0. The minimum atomic E-state index is -4.00. The quantitative estimate of drug-likeness (QED) is 0.436. The van der Waals surface area contributed by atoms with E-state index in [0.29, 0.717) is 39.0 Å². The van der Waals surface area contributed by atoms with Crippen molar-refractivity contribution in [3.05, 3.63) is 76.9 Å². The molecule has 1 aromatic heterocycles. The third kappa shape index (κ3) is 5.78. The number of amides is 1. The Kier molecular flexibility index (Phi) is 7.99. The number of aryl methyl sites for hydroxylation is 1. The fraction of sp³-hybridized carbons (Fsp3) is 0.357. The number of piperazine rings is 1. The first kappa shape index (κ1) is 27.9. The maximum atomic E-state index is 14.0. The van der Waals surface area contributed by atoms with E-state index in [0.717, 1.165) is 17.8 Å². The Labute approximate surface area is 230 Å². The van der Waals surface area contributed by atoms with Crippen LogP contribution in [-0.2, 0) is 14.8 Å². The van der Waals surface area contributed by atoms with Gasteiger partial charge in [0.05, 0.1) is 0 Å². The molecule has 8 nitrogen and oxygen atoms in total. The molecule has 2 aromatic carbocycles. The zero-order valence-electron chi connectivity index (χ0n) is 21.9. The monoisotopic (exact) mass is 574 g/mol. The molecule has 0 saturated carbocycles. The van der Waals surface area contributed by atoms with Gasteiger partial charge in [0.2, 0.25) is 15.9 Å². The summed E-state index contributed by atoms with van der Waals surface area (Å²) in [6.45, 7) is 4.18. The zero-order valence-corrected chi connectivity index (χ0v) is 22.7. The Hall–Kier alpha value is -3.64. The highest BCUT2D eigenvalue weighted by atomic mass is 32.2. The topological polar surface area (TPSA) is 87.0 Å². The third-order valence-electron chi connectivity index (χ3n) is 7.39. The van der Waals surface area contributed by atoms with Gasteiger partial charge in [0.1, 0.15) is 23.1 Å². The van der Waals surface area contributed by atoms with Gasteiger partial charge in [-0.1, -0.05) is 5.16 Å². The standard InChI is InChI=1S/C28H29F3N4O4S/c1-19-27(26(39-32-19)9-3-20-2-4-23(30)18-25(20)31)40(37,38)35-12-10-21(11-13-35)28(36)34-16-14-33(15-17-34)24-7-5-22(29)6-8-24/h2-9,18,21H,10-17H2,1H3/b9-3+. The molecule has 212 valence electrons.